The minimum atomic E-state index is -0.479. The zero-order valence-corrected chi connectivity index (χ0v) is 12.7. The molecule has 1 aromatic heterocycles. The summed E-state index contributed by atoms with van der Waals surface area (Å²) < 4.78 is 11.5. The van der Waals surface area contributed by atoms with Crippen LogP contribution in [0.1, 0.15) is 17.6 Å². The monoisotopic (exact) mass is 304 g/mol. The zero-order valence-electron chi connectivity index (χ0n) is 12.7. The van der Waals surface area contributed by atoms with Crippen molar-refractivity contribution in [3.05, 3.63) is 36.5 Å². The molecule has 2 aromatic rings. The number of carbonyl (C=O) groups is 2. The maximum Gasteiger partial charge on any atom is 0.231 e. The molecule has 0 atom stereocenters. The summed E-state index contributed by atoms with van der Waals surface area (Å²) in [6.45, 7) is 0.256. The number of hydrogen-bond acceptors (Lipinski definition) is 4. The maximum atomic E-state index is 12.2. The van der Waals surface area contributed by atoms with Crippen molar-refractivity contribution < 1.29 is 19.1 Å². The zero-order chi connectivity index (χ0) is 15.9. The fourth-order valence-electron chi connectivity index (χ4n) is 2.19. The number of amides is 1. The van der Waals surface area contributed by atoms with Crippen LogP contribution in [-0.2, 0) is 14.3 Å². The molecule has 2 rings (SSSR count). The first kappa shape index (κ1) is 16.2. The number of para-hydroxylation sites is 1. The minimum Gasteiger partial charge on any atom is -0.354 e. The number of nitrogens with zero attached hydrogens (tertiary/aromatic N) is 1. The van der Waals surface area contributed by atoms with Crippen molar-refractivity contribution in [2.24, 2.45) is 0 Å². The Kier molecular flexibility index (Phi) is 5.68. The van der Waals surface area contributed by atoms with E-state index in [1.165, 1.54) is 14.2 Å². The lowest BCUT2D eigenvalue weighted by Gasteiger charge is -2.13. The molecule has 0 aliphatic rings. The van der Waals surface area contributed by atoms with E-state index in [1.54, 1.807) is 10.8 Å². The fourth-order valence-corrected chi connectivity index (χ4v) is 2.19. The maximum absolute atomic E-state index is 12.2. The molecule has 6 nitrogen and oxygen atoms in total. The van der Waals surface area contributed by atoms with Gasteiger partial charge in [0.2, 0.25) is 11.8 Å². The van der Waals surface area contributed by atoms with E-state index in [0.717, 1.165) is 10.9 Å². The lowest BCUT2D eigenvalue weighted by molar-refractivity contribution is -0.127. The van der Waals surface area contributed by atoms with Crippen molar-refractivity contribution in [2.45, 2.75) is 19.1 Å². The van der Waals surface area contributed by atoms with Crippen LogP contribution in [0.4, 0.5) is 0 Å². The molecular weight excluding hydrogens is 284 g/mol. The topological polar surface area (TPSA) is 69.6 Å². The Bertz CT molecular complexity index is 646. The quantitative estimate of drug-likeness (QED) is 0.792. The van der Waals surface area contributed by atoms with Gasteiger partial charge in [0, 0.05) is 38.6 Å². The Labute approximate surface area is 129 Å². The number of benzene rings is 1. The van der Waals surface area contributed by atoms with Gasteiger partial charge < -0.3 is 14.8 Å². The molecule has 1 N–H and O–H groups in total. The van der Waals surface area contributed by atoms with E-state index in [2.05, 4.69) is 5.32 Å². The normalized spacial score (nSPS) is 11.0. The van der Waals surface area contributed by atoms with Gasteiger partial charge in [0.05, 0.1) is 12.1 Å². The predicted molar refractivity (Wildman–Crippen MR) is 82.6 cm³/mol. The number of hydrogen-bond donors (Lipinski definition) is 1. The number of fused-ring (bicyclic) bond motifs is 1. The molecule has 1 heterocycles. The molecule has 0 spiro atoms. The summed E-state index contributed by atoms with van der Waals surface area (Å²) in [4.78, 5) is 23.9. The number of ether oxygens (including phenoxy) is 2. The van der Waals surface area contributed by atoms with Gasteiger partial charge in [-0.2, -0.15) is 0 Å². The molecule has 0 radical (unpaired) electrons. The average molecular weight is 304 g/mol. The van der Waals surface area contributed by atoms with Crippen LogP contribution in [0.25, 0.3) is 10.9 Å². The van der Waals surface area contributed by atoms with E-state index in [9.17, 15) is 9.59 Å². The summed E-state index contributed by atoms with van der Waals surface area (Å²) in [5.41, 5.74) is 0.853. The van der Waals surface area contributed by atoms with Crippen molar-refractivity contribution >= 4 is 22.7 Å². The van der Waals surface area contributed by atoms with Crippen molar-refractivity contribution in [2.75, 3.05) is 20.8 Å². The van der Waals surface area contributed by atoms with Crippen LogP contribution < -0.4 is 5.32 Å². The minimum absolute atomic E-state index is 0.105. The highest BCUT2D eigenvalue weighted by Crippen LogP contribution is 2.15. The molecule has 1 aromatic carbocycles. The third kappa shape index (κ3) is 3.93. The highest BCUT2D eigenvalue weighted by molar-refractivity contribution is 5.93. The van der Waals surface area contributed by atoms with Gasteiger partial charge in [0.15, 0.2) is 6.29 Å². The van der Waals surface area contributed by atoms with Crippen molar-refractivity contribution in [3.8, 4) is 0 Å². The second kappa shape index (κ2) is 7.72. The first-order valence-electron chi connectivity index (χ1n) is 7.07. The standard InChI is InChI=1S/C16H20N2O4/c1-21-16(22-2)11-17-14(19)7-8-15(20)18-10-9-12-5-3-4-6-13(12)18/h3-6,9-10,16H,7-8,11H2,1-2H3,(H,17,19). The summed E-state index contributed by atoms with van der Waals surface area (Å²) in [6.07, 6.45) is 1.53. The first-order chi connectivity index (χ1) is 10.7. The first-order valence-corrected chi connectivity index (χ1v) is 7.07. The van der Waals surface area contributed by atoms with Crippen LogP contribution >= 0.6 is 0 Å². The summed E-state index contributed by atoms with van der Waals surface area (Å²) in [5.74, 6) is -0.310. The number of nitrogens with one attached hydrogen (secondary N) is 1. The predicted octanol–water partition coefficient (Wildman–Crippen LogP) is 1.80. The molecule has 0 aliphatic heterocycles. The Hall–Kier alpha value is -2.18. The molecular formula is C16H20N2O4. The van der Waals surface area contributed by atoms with Crippen LogP contribution in [0.15, 0.2) is 36.5 Å². The molecule has 0 aliphatic carbocycles. The van der Waals surface area contributed by atoms with Crippen molar-refractivity contribution in [1.29, 1.82) is 0 Å². The van der Waals surface area contributed by atoms with Gasteiger partial charge in [-0.1, -0.05) is 18.2 Å². The van der Waals surface area contributed by atoms with Gasteiger partial charge in [0.1, 0.15) is 0 Å². The molecule has 118 valence electrons. The van der Waals surface area contributed by atoms with E-state index in [4.69, 9.17) is 9.47 Å². The molecule has 22 heavy (non-hydrogen) atoms. The van der Waals surface area contributed by atoms with E-state index in [-0.39, 0.29) is 31.2 Å². The largest absolute Gasteiger partial charge is 0.354 e. The Morgan fingerprint density at radius 3 is 2.59 bits per heavy atom. The van der Waals surface area contributed by atoms with Crippen LogP contribution in [0.3, 0.4) is 0 Å². The van der Waals surface area contributed by atoms with Gasteiger partial charge in [-0.15, -0.1) is 0 Å². The molecule has 1 amide bonds. The molecule has 0 saturated carbocycles. The average Bonchev–Trinajstić information content (AvgIpc) is 2.97. The third-order valence-electron chi connectivity index (χ3n) is 3.43. The second-order valence-corrected chi connectivity index (χ2v) is 4.84. The second-order valence-electron chi connectivity index (χ2n) is 4.84. The van der Waals surface area contributed by atoms with E-state index in [1.807, 2.05) is 30.3 Å². The highest BCUT2D eigenvalue weighted by Gasteiger charge is 2.12. The van der Waals surface area contributed by atoms with Gasteiger partial charge >= 0.3 is 0 Å². The van der Waals surface area contributed by atoms with Gasteiger partial charge in [-0.05, 0) is 12.1 Å². The molecule has 0 unspecified atom stereocenters. The number of aromatic nitrogens is 1. The summed E-state index contributed by atoms with van der Waals surface area (Å²) in [6, 6.07) is 9.52. The molecule has 0 saturated heterocycles. The number of rotatable bonds is 7. The summed E-state index contributed by atoms with van der Waals surface area (Å²) in [5, 5.41) is 3.68. The SMILES string of the molecule is COC(CNC(=O)CCC(=O)n1ccc2ccccc21)OC. The van der Waals surface area contributed by atoms with E-state index in [0.29, 0.717) is 0 Å². The third-order valence-corrected chi connectivity index (χ3v) is 3.43. The van der Waals surface area contributed by atoms with Crippen molar-refractivity contribution in [3.63, 3.8) is 0 Å². The Morgan fingerprint density at radius 1 is 1.14 bits per heavy atom. The van der Waals surface area contributed by atoms with Crippen LogP contribution in [0.2, 0.25) is 0 Å². The lowest BCUT2D eigenvalue weighted by Crippen LogP contribution is -2.34. The molecule has 0 bridgehead atoms. The van der Waals surface area contributed by atoms with Crippen LogP contribution in [-0.4, -0.2) is 43.4 Å². The molecule has 0 fully saturated rings. The van der Waals surface area contributed by atoms with Gasteiger partial charge in [-0.25, -0.2) is 0 Å². The number of methoxy groups -OCH3 is 2. The van der Waals surface area contributed by atoms with Gasteiger partial charge in [0.25, 0.3) is 0 Å². The lowest BCUT2D eigenvalue weighted by atomic mass is 10.2. The molecule has 6 heteroatoms. The van der Waals surface area contributed by atoms with Crippen LogP contribution in [0, 0.1) is 0 Å². The summed E-state index contributed by atoms with van der Waals surface area (Å²) in [7, 11) is 3.00. The fraction of sp³-hybridized carbons (Fsp3) is 0.375. The highest BCUT2D eigenvalue weighted by atomic mass is 16.7. The summed E-state index contributed by atoms with van der Waals surface area (Å²) >= 11 is 0. The smallest absolute Gasteiger partial charge is 0.231 e. The van der Waals surface area contributed by atoms with Gasteiger partial charge in [-0.3, -0.25) is 14.2 Å². The Balaban J connectivity index is 1.86. The van der Waals surface area contributed by atoms with E-state index < -0.39 is 6.29 Å². The van der Waals surface area contributed by atoms with Crippen molar-refractivity contribution in [1.82, 2.24) is 9.88 Å². The van der Waals surface area contributed by atoms with E-state index >= 15 is 0 Å². The van der Waals surface area contributed by atoms with Crippen LogP contribution in [0.5, 0.6) is 0 Å². The number of carbonyl (C=O) groups excluding carboxylic acids is 2. The Morgan fingerprint density at radius 2 is 1.86 bits per heavy atom.